The molecule has 2 fully saturated rings. The molecule has 5 nitrogen and oxygen atoms in total. The Labute approximate surface area is 176 Å². The Balaban J connectivity index is 1.68. The van der Waals surface area contributed by atoms with E-state index in [0.29, 0.717) is 15.8 Å². The van der Waals surface area contributed by atoms with Crippen LogP contribution >= 0.6 is 24.0 Å². The number of ether oxygens (including phenoxy) is 1. The fourth-order valence-corrected chi connectivity index (χ4v) is 4.85. The Morgan fingerprint density at radius 3 is 2.71 bits per heavy atom. The van der Waals surface area contributed by atoms with Gasteiger partial charge in [-0.15, -0.1) is 0 Å². The highest BCUT2D eigenvalue weighted by Gasteiger charge is 2.35. The zero-order valence-electron chi connectivity index (χ0n) is 16.3. The van der Waals surface area contributed by atoms with Crippen LogP contribution in [0.1, 0.15) is 45.1 Å². The van der Waals surface area contributed by atoms with Gasteiger partial charge in [-0.25, -0.2) is 0 Å². The number of piperidine rings is 1. The minimum atomic E-state index is -0.192. The van der Waals surface area contributed by atoms with E-state index in [9.17, 15) is 9.59 Å². The summed E-state index contributed by atoms with van der Waals surface area (Å²) in [7, 11) is 0. The van der Waals surface area contributed by atoms with Crippen LogP contribution in [0.3, 0.4) is 0 Å². The third-order valence-electron chi connectivity index (χ3n) is 5.07. The standard InChI is InChI=1S/C21H26N2O3S2/c1-3-16-7-5-6-12-22(16)19(24)14-23-20(25)18(28-21(23)27)13-15-8-10-17(11-9-15)26-4-2/h8-11,13,16H,3-7,12,14H2,1-2H3/b18-13-/t16-/m1/s1. The molecule has 28 heavy (non-hydrogen) atoms. The minimum absolute atomic E-state index is 0.00910. The highest BCUT2D eigenvalue weighted by Crippen LogP contribution is 2.33. The van der Waals surface area contributed by atoms with Crippen molar-refractivity contribution in [2.45, 2.75) is 45.6 Å². The van der Waals surface area contributed by atoms with Crippen LogP contribution in [0, 0.1) is 0 Å². The fraction of sp³-hybridized carbons (Fsp3) is 0.476. The predicted molar refractivity (Wildman–Crippen MR) is 117 cm³/mol. The lowest BCUT2D eigenvalue weighted by Crippen LogP contribution is -2.48. The van der Waals surface area contributed by atoms with Crippen molar-refractivity contribution in [3.05, 3.63) is 34.7 Å². The summed E-state index contributed by atoms with van der Waals surface area (Å²) >= 11 is 6.63. The maximum atomic E-state index is 12.8. The first-order valence-corrected chi connectivity index (χ1v) is 11.0. The molecule has 0 aliphatic carbocycles. The second-order valence-electron chi connectivity index (χ2n) is 6.91. The molecule has 1 atom stereocenters. The van der Waals surface area contributed by atoms with Gasteiger partial charge in [-0.1, -0.05) is 43.0 Å². The molecule has 0 unspecified atom stereocenters. The van der Waals surface area contributed by atoms with Crippen LogP contribution in [0.5, 0.6) is 5.75 Å². The molecule has 1 aromatic carbocycles. The molecule has 2 heterocycles. The predicted octanol–water partition coefficient (Wildman–Crippen LogP) is 4.08. The number of hydrogen-bond acceptors (Lipinski definition) is 5. The second-order valence-corrected chi connectivity index (χ2v) is 8.59. The molecule has 0 saturated carbocycles. The van der Waals surface area contributed by atoms with E-state index in [2.05, 4.69) is 6.92 Å². The molecule has 7 heteroatoms. The summed E-state index contributed by atoms with van der Waals surface area (Å²) in [5.74, 6) is 0.595. The number of likely N-dealkylation sites (tertiary alicyclic amines) is 1. The Hall–Kier alpha value is -1.86. The third kappa shape index (κ3) is 4.75. The van der Waals surface area contributed by atoms with Crippen LogP contribution < -0.4 is 4.74 Å². The summed E-state index contributed by atoms with van der Waals surface area (Å²) in [5.41, 5.74) is 0.900. The van der Waals surface area contributed by atoms with Crippen LogP contribution in [0.15, 0.2) is 29.2 Å². The van der Waals surface area contributed by atoms with Crippen LogP contribution in [-0.4, -0.2) is 51.7 Å². The smallest absolute Gasteiger partial charge is 0.266 e. The zero-order chi connectivity index (χ0) is 20.1. The maximum Gasteiger partial charge on any atom is 0.266 e. The molecule has 3 rings (SSSR count). The van der Waals surface area contributed by atoms with E-state index in [1.807, 2.05) is 42.2 Å². The highest BCUT2D eigenvalue weighted by molar-refractivity contribution is 8.26. The van der Waals surface area contributed by atoms with E-state index in [0.717, 1.165) is 43.5 Å². The molecule has 0 radical (unpaired) electrons. The summed E-state index contributed by atoms with van der Waals surface area (Å²) in [6.07, 6.45) is 5.99. The van der Waals surface area contributed by atoms with E-state index < -0.39 is 0 Å². The lowest BCUT2D eigenvalue weighted by atomic mass is 10.00. The summed E-state index contributed by atoms with van der Waals surface area (Å²) in [6, 6.07) is 7.84. The molecule has 2 saturated heterocycles. The van der Waals surface area contributed by atoms with Gasteiger partial charge in [0.05, 0.1) is 11.5 Å². The number of rotatable bonds is 6. The normalized spacial score (nSPS) is 21.5. The summed E-state index contributed by atoms with van der Waals surface area (Å²) in [5, 5.41) is 0. The first-order chi connectivity index (χ1) is 13.5. The maximum absolute atomic E-state index is 12.8. The number of thiocarbonyl (C=S) groups is 1. The van der Waals surface area contributed by atoms with Gasteiger partial charge in [-0.05, 0) is 56.4 Å². The molecule has 0 aromatic heterocycles. The van der Waals surface area contributed by atoms with E-state index in [1.165, 1.54) is 16.7 Å². The summed E-state index contributed by atoms with van der Waals surface area (Å²) < 4.78 is 5.89. The summed E-state index contributed by atoms with van der Waals surface area (Å²) in [4.78, 5) is 29.5. The SMILES string of the molecule is CCOc1ccc(/C=C2\SC(=S)N(CC(=O)N3CCCC[C@H]3CC)C2=O)cc1. The number of carbonyl (C=O) groups excluding carboxylic acids is 2. The van der Waals surface area contributed by atoms with Crippen LogP contribution in [0.25, 0.3) is 6.08 Å². The first-order valence-electron chi connectivity index (χ1n) is 9.81. The zero-order valence-corrected chi connectivity index (χ0v) is 18.0. The number of thioether (sulfide) groups is 1. The van der Waals surface area contributed by atoms with E-state index in [-0.39, 0.29) is 24.4 Å². The number of amides is 2. The van der Waals surface area contributed by atoms with Crippen molar-refractivity contribution in [1.82, 2.24) is 9.80 Å². The molecule has 1 aromatic rings. The molecular weight excluding hydrogens is 392 g/mol. The van der Waals surface area contributed by atoms with Crippen molar-refractivity contribution >= 4 is 46.2 Å². The fourth-order valence-electron chi connectivity index (χ4n) is 3.59. The van der Waals surface area contributed by atoms with E-state index in [4.69, 9.17) is 17.0 Å². The molecular formula is C21H26N2O3S2. The monoisotopic (exact) mass is 418 g/mol. The average molecular weight is 419 g/mol. The van der Waals surface area contributed by atoms with Crippen LogP contribution in [0.4, 0.5) is 0 Å². The third-order valence-corrected chi connectivity index (χ3v) is 6.45. The molecule has 2 amide bonds. The van der Waals surface area contributed by atoms with Gasteiger partial charge in [-0.2, -0.15) is 0 Å². The van der Waals surface area contributed by atoms with Gasteiger partial charge in [-0.3, -0.25) is 14.5 Å². The molecule has 0 spiro atoms. The topological polar surface area (TPSA) is 49.9 Å². The Kier molecular flexibility index (Phi) is 7.13. The summed E-state index contributed by atoms with van der Waals surface area (Å²) in [6.45, 7) is 5.46. The van der Waals surface area contributed by atoms with Crippen LogP contribution in [-0.2, 0) is 9.59 Å². The number of hydrogen-bond donors (Lipinski definition) is 0. The van der Waals surface area contributed by atoms with Gasteiger partial charge in [0.15, 0.2) is 0 Å². The Morgan fingerprint density at radius 2 is 2.04 bits per heavy atom. The molecule has 2 aliphatic rings. The minimum Gasteiger partial charge on any atom is -0.494 e. The van der Waals surface area contributed by atoms with Crippen LogP contribution in [0.2, 0.25) is 0 Å². The lowest BCUT2D eigenvalue weighted by Gasteiger charge is -2.36. The van der Waals surface area contributed by atoms with Gasteiger partial charge < -0.3 is 9.64 Å². The second kappa shape index (κ2) is 9.56. The lowest BCUT2D eigenvalue weighted by molar-refractivity contribution is -0.138. The average Bonchev–Trinajstić information content (AvgIpc) is 2.97. The largest absolute Gasteiger partial charge is 0.494 e. The van der Waals surface area contributed by atoms with Crippen molar-refractivity contribution in [1.29, 1.82) is 0 Å². The van der Waals surface area contributed by atoms with Crippen molar-refractivity contribution in [2.24, 2.45) is 0 Å². The van der Waals surface area contributed by atoms with Crippen molar-refractivity contribution in [3.8, 4) is 5.75 Å². The van der Waals surface area contributed by atoms with Crippen molar-refractivity contribution in [2.75, 3.05) is 19.7 Å². The first kappa shape index (κ1) is 20.9. The number of carbonyl (C=O) groups is 2. The van der Waals surface area contributed by atoms with E-state index >= 15 is 0 Å². The molecule has 0 bridgehead atoms. The quantitative estimate of drug-likeness (QED) is 0.515. The molecule has 0 N–H and O–H groups in total. The number of benzene rings is 1. The van der Waals surface area contributed by atoms with Gasteiger partial charge in [0, 0.05) is 12.6 Å². The number of nitrogens with zero attached hydrogens (tertiary/aromatic N) is 2. The molecule has 2 aliphatic heterocycles. The van der Waals surface area contributed by atoms with Gasteiger partial charge in [0.2, 0.25) is 5.91 Å². The van der Waals surface area contributed by atoms with Gasteiger partial charge in [0.25, 0.3) is 5.91 Å². The van der Waals surface area contributed by atoms with Crippen molar-refractivity contribution in [3.63, 3.8) is 0 Å². The van der Waals surface area contributed by atoms with Gasteiger partial charge >= 0.3 is 0 Å². The van der Waals surface area contributed by atoms with Gasteiger partial charge in [0.1, 0.15) is 16.6 Å². The van der Waals surface area contributed by atoms with Crippen molar-refractivity contribution < 1.29 is 14.3 Å². The molecule has 150 valence electrons. The highest BCUT2D eigenvalue weighted by atomic mass is 32.2. The Bertz CT molecular complexity index is 776. The van der Waals surface area contributed by atoms with E-state index in [1.54, 1.807) is 0 Å². The Morgan fingerprint density at radius 1 is 1.29 bits per heavy atom.